The molecule has 1 aliphatic heterocycles. The number of hydrogen-bond donors (Lipinski definition) is 0. The van der Waals surface area contributed by atoms with Crippen LogP contribution < -0.4 is 4.74 Å². The van der Waals surface area contributed by atoms with Crippen LogP contribution in [0.15, 0.2) is 90.5 Å². The Kier molecular flexibility index (Phi) is 6.48. The van der Waals surface area contributed by atoms with Crippen LogP contribution in [0.3, 0.4) is 0 Å². The van der Waals surface area contributed by atoms with Crippen LogP contribution in [0.5, 0.6) is 5.75 Å². The van der Waals surface area contributed by atoms with E-state index in [1.165, 1.54) is 24.3 Å². The van der Waals surface area contributed by atoms with Gasteiger partial charge in [0.05, 0.1) is 24.8 Å². The van der Waals surface area contributed by atoms with Crippen LogP contribution in [0.4, 0.5) is 8.78 Å². The van der Waals surface area contributed by atoms with Gasteiger partial charge < -0.3 is 19.0 Å². The minimum absolute atomic E-state index is 0.324. The zero-order valence-electron chi connectivity index (χ0n) is 20.7. The average Bonchev–Trinajstić information content (AvgIpc) is 3.46. The highest BCUT2D eigenvalue weighted by Crippen LogP contribution is 2.37. The number of nitrogens with zero attached hydrogens (tertiary/aromatic N) is 4. The SMILES string of the molecule is COc1cc(C=CC2=NOC(C)(c3ccc(F)cc3)N2Cc2cccc(F)c2)ccc1-n1cnc(C)c1. The van der Waals surface area contributed by atoms with Crippen LogP contribution in [0, 0.1) is 18.6 Å². The normalized spacial score (nSPS) is 17.2. The van der Waals surface area contributed by atoms with E-state index in [2.05, 4.69) is 10.1 Å². The molecule has 0 radical (unpaired) electrons. The number of halogens is 2. The third kappa shape index (κ3) is 4.95. The Labute approximate surface area is 214 Å². The smallest absolute Gasteiger partial charge is 0.234 e. The van der Waals surface area contributed by atoms with Crippen molar-refractivity contribution in [1.29, 1.82) is 0 Å². The van der Waals surface area contributed by atoms with Crippen molar-refractivity contribution < 1.29 is 18.4 Å². The molecule has 0 N–H and O–H groups in total. The summed E-state index contributed by atoms with van der Waals surface area (Å²) in [5.74, 6) is 0.572. The highest BCUT2D eigenvalue weighted by atomic mass is 19.1. The van der Waals surface area contributed by atoms with Crippen LogP contribution in [0.2, 0.25) is 0 Å². The monoisotopic (exact) mass is 500 g/mol. The summed E-state index contributed by atoms with van der Waals surface area (Å²) in [6.07, 6.45) is 7.42. The number of aryl methyl sites for hydroxylation is 1. The summed E-state index contributed by atoms with van der Waals surface area (Å²) < 4.78 is 35.1. The lowest BCUT2D eigenvalue weighted by Crippen LogP contribution is -2.43. The maximum atomic E-state index is 13.9. The number of aromatic nitrogens is 2. The molecule has 0 amide bonds. The maximum absolute atomic E-state index is 13.9. The number of rotatable bonds is 7. The van der Waals surface area contributed by atoms with Crippen molar-refractivity contribution in [1.82, 2.24) is 14.5 Å². The standard InChI is InChI=1S/C29H26F2N4O2/c1-20-17-34(19-32-20)26-13-7-21(16-27(26)36-3)8-14-28-33-37-29(2,23-9-11-24(30)12-10-23)35(28)18-22-5-4-6-25(31)15-22/h4-17,19H,18H2,1-3H3. The molecule has 0 saturated carbocycles. The zero-order chi connectivity index (χ0) is 26.0. The summed E-state index contributed by atoms with van der Waals surface area (Å²) in [6.45, 7) is 4.12. The Morgan fingerprint density at radius 1 is 1.00 bits per heavy atom. The molecule has 1 atom stereocenters. The van der Waals surface area contributed by atoms with Gasteiger partial charge in [-0.2, -0.15) is 0 Å². The van der Waals surface area contributed by atoms with Crippen LogP contribution in [-0.4, -0.2) is 27.4 Å². The summed E-state index contributed by atoms with van der Waals surface area (Å²) in [6, 6.07) is 18.3. The molecule has 1 aromatic heterocycles. The van der Waals surface area contributed by atoms with Gasteiger partial charge in [0.2, 0.25) is 5.72 Å². The zero-order valence-corrected chi connectivity index (χ0v) is 20.7. The maximum Gasteiger partial charge on any atom is 0.234 e. The topological polar surface area (TPSA) is 51.9 Å². The third-order valence-corrected chi connectivity index (χ3v) is 6.34. The van der Waals surface area contributed by atoms with Crippen molar-refractivity contribution in [3.8, 4) is 11.4 Å². The lowest BCUT2D eigenvalue weighted by Gasteiger charge is -2.34. The number of oxime groups is 1. The van der Waals surface area contributed by atoms with Gasteiger partial charge >= 0.3 is 0 Å². The second kappa shape index (κ2) is 9.89. The molecular formula is C29H26F2N4O2. The fraction of sp³-hybridized carbons (Fsp3) is 0.172. The highest BCUT2D eigenvalue weighted by Gasteiger charge is 2.42. The predicted octanol–water partition coefficient (Wildman–Crippen LogP) is 6.20. The molecule has 1 aliphatic rings. The Morgan fingerprint density at radius 3 is 2.51 bits per heavy atom. The van der Waals surface area contributed by atoms with Gasteiger partial charge in [-0.05, 0) is 60.5 Å². The van der Waals surface area contributed by atoms with Crippen LogP contribution in [0.25, 0.3) is 11.8 Å². The van der Waals surface area contributed by atoms with E-state index in [-0.39, 0.29) is 11.6 Å². The molecule has 6 nitrogen and oxygen atoms in total. The first kappa shape index (κ1) is 24.2. The Bertz CT molecular complexity index is 1480. The van der Waals surface area contributed by atoms with E-state index in [0.29, 0.717) is 18.1 Å². The Morgan fingerprint density at radius 2 is 1.81 bits per heavy atom. The lowest BCUT2D eigenvalue weighted by atomic mass is 10.0. The molecule has 0 bridgehead atoms. The van der Waals surface area contributed by atoms with E-state index in [9.17, 15) is 8.78 Å². The van der Waals surface area contributed by atoms with Gasteiger partial charge in [0.25, 0.3) is 0 Å². The van der Waals surface area contributed by atoms with Gasteiger partial charge in [-0.3, -0.25) is 0 Å². The number of methoxy groups -OCH3 is 1. The largest absolute Gasteiger partial charge is 0.495 e. The van der Waals surface area contributed by atoms with Gasteiger partial charge in [-0.15, -0.1) is 0 Å². The molecule has 0 aliphatic carbocycles. The molecule has 2 heterocycles. The molecule has 0 fully saturated rings. The Balaban J connectivity index is 1.46. The first-order valence-electron chi connectivity index (χ1n) is 11.8. The molecule has 4 aromatic rings. The molecule has 1 unspecified atom stereocenters. The van der Waals surface area contributed by atoms with Crippen molar-refractivity contribution in [2.45, 2.75) is 26.1 Å². The predicted molar refractivity (Wildman–Crippen MR) is 138 cm³/mol. The molecule has 8 heteroatoms. The van der Waals surface area contributed by atoms with Crippen LogP contribution in [0.1, 0.15) is 29.3 Å². The van der Waals surface area contributed by atoms with Crippen molar-refractivity contribution in [2.24, 2.45) is 5.16 Å². The first-order valence-corrected chi connectivity index (χ1v) is 11.8. The number of amidine groups is 1. The quantitative estimate of drug-likeness (QED) is 0.303. The molecular weight excluding hydrogens is 474 g/mol. The molecule has 37 heavy (non-hydrogen) atoms. The fourth-order valence-electron chi connectivity index (χ4n) is 4.33. The summed E-state index contributed by atoms with van der Waals surface area (Å²) in [5, 5.41) is 4.34. The number of benzene rings is 3. The van der Waals surface area contributed by atoms with Crippen molar-refractivity contribution in [2.75, 3.05) is 7.11 Å². The molecule has 188 valence electrons. The van der Waals surface area contributed by atoms with E-state index < -0.39 is 5.72 Å². The summed E-state index contributed by atoms with van der Waals surface area (Å²) in [5.41, 5.74) is 3.13. The third-order valence-electron chi connectivity index (χ3n) is 6.34. The summed E-state index contributed by atoms with van der Waals surface area (Å²) in [4.78, 5) is 12.1. The van der Waals surface area contributed by atoms with E-state index >= 15 is 0 Å². The Hall–Kier alpha value is -4.46. The minimum atomic E-state index is -1.01. The first-order chi connectivity index (χ1) is 17.9. The average molecular weight is 501 g/mol. The number of hydrogen-bond acceptors (Lipinski definition) is 5. The van der Waals surface area contributed by atoms with Gasteiger partial charge in [0, 0.05) is 25.2 Å². The van der Waals surface area contributed by atoms with Crippen molar-refractivity contribution in [3.63, 3.8) is 0 Å². The molecule has 0 saturated heterocycles. The molecule has 3 aromatic carbocycles. The number of ether oxygens (including phenoxy) is 1. The number of imidazole rings is 1. The van der Waals surface area contributed by atoms with Gasteiger partial charge in [0.1, 0.15) is 17.4 Å². The second-order valence-corrected chi connectivity index (χ2v) is 8.93. The van der Waals surface area contributed by atoms with E-state index in [4.69, 9.17) is 9.57 Å². The van der Waals surface area contributed by atoms with Crippen molar-refractivity contribution in [3.05, 3.63) is 119 Å². The lowest BCUT2D eigenvalue weighted by molar-refractivity contribution is -0.0935. The van der Waals surface area contributed by atoms with Crippen LogP contribution >= 0.6 is 0 Å². The van der Waals surface area contributed by atoms with E-state index in [1.54, 1.807) is 31.6 Å². The molecule has 0 spiro atoms. The van der Waals surface area contributed by atoms with Gasteiger partial charge in [0.15, 0.2) is 5.84 Å². The van der Waals surface area contributed by atoms with Crippen molar-refractivity contribution >= 4 is 11.9 Å². The van der Waals surface area contributed by atoms with Gasteiger partial charge in [-0.1, -0.05) is 41.6 Å². The van der Waals surface area contributed by atoms with Gasteiger partial charge in [-0.25, -0.2) is 13.8 Å². The van der Waals surface area contributed by atoms with E-state index in [0.717, 1.165) is 28.1 Å². The molecule has 5 rings (SSSR count). The summed E-state index contributed by atoms with van der Waals surface area (Å²) >= 11 is 0. The summed E-state index contributed by atoms with van der Waals surface area (Å²) in [7, 11) is 1.62. The minimum Gasteiger partial charge on any atom is -0.495 e. The second-order valence-electron chi connectivity index (χ2n) is 8.93. The highest BCUT2D eigenvalue weighted by molar-refractivity contribution is 5.97. The fourth-order valence-corrected chi connectivity index (χ4v) is 4.33. The van der Waals surface area contributed by atoms with E-state index in [1.807, 2.05) is 65.9 Å². The van der Waals surface area contributed by atoms with Crippen LogP contribution in [-0.2, 0) is 17.1 Å².